The third-order valence-corrected chi connectivity index (χ3v) is 5.17. The molecule has 27 heavy (non-hydrogen) atoms. The first-order valence-electron chi connectivity index (χ1n) is 9.55. The molecular formula is C22H28N3O2+. The average molecular weight is 366 g/mol. The van der Waals surface area contributed by atoms with Crippen molar-refractivity contribution in [1.82, 2.24) is 5.32 Å². The average Bonchev–Trinajstić information content (AvgIpc) is 3.47. The summed E-state index contributed by atoms with van der Waals surface area (Å²) < 4.78 is 0. The highest BCUT2D eigenvalue weighted by atomic mass is 16.2. The van der Waals surface area contributed by atoms with Gasteiger partial charge in [-0.05, 0) is 11.5 Å². The van der Waals surface area contributed by atoms with Crippen molar-refractivity contribution in [3.8, 4) is 0 Å². The van der Waals surface area contributed by atoms with Gasteiger partial charge in [0.15, 0.2) is 6.04 Å². The highest BCUT2D eigenvalue weighted by molar-refractivity contribution is 5.96. The second-order valence-electron chi connectivity index (χ2n) is 7.62. The van der Waals surface area contributed by atoms with E-state index in [9.17, 15) is 9.59 Å². The van der Waals surface area contributed by atoms with Crippen molar-refractivity contribution in [2.45, 2.75) is 51.2 Å². The van der Waals surface area contributed by atoms with E-state index in [0.29, 0.717) is 12.0 Å². The molecule has 5 nitrogen and oxygen atoms in total. The number of urea groups is 1. The fourth-order valence-electron chi connectivity index (χ4n) is 3.57. The predicted octanol–water partition coefficient (Wildman–Crippen LogP) is 2.29. The van der Waals surface area contributed by atoms with Crippen molar-refractivity contribution in [3.05, 3.63) is 71.3 Å². The van der Waals surface area contributed by atoms with Crippen molar-refractivity contribution in [1.29, 1.82) is 0 Å². The molecule has 4 N–H and O–H groups in total. The van der Waals surface area contributed by atoms with Crippen LogP contribution in [0.25, 0.3) is 0 Å². The van der Waals surface area contributed by atoms with Crippen LogP contribution in [-0.2, 0) is 11.3 Å². The number of nitrogens with two attached hydrogens (primary N) is 1. The zero-order chi connectivity index (χ0) is 19.4. The van der Waals surface area contributed by atoms with Gasteiger partial charge >= 0.3 is 6.03 Å². The number of rotatable bonds is 7. The zero-order valence-electron chi connectivity index (χ0n) is 15.9. The molecule has 0 bridgehead atoms. The Morgan fingerprint density at radius 3 is 2.19 bits per heavy atom. The molecule has 1 fully saturated rings. The Balaban J connectivity index is 1.88. The maximum absolute atomic E-state index is 12.8. The molecule has 2 aromatic rings. The molecule has 1 saturated carbocycles. The number of amides is 3. The summed E-state index contributed by atoms with van der Waals surface area (Å²) in [7, 11) is 0. The quantitative estimate of drug-likeness (QED) is 0.703. The molecule has 0 heterocycles. The van der Waals surface area contributed by atoms with Crippen LogP contribution in [-0.4, -0.2) is 18.0 Å². The molecule has 5 heteroatoms. The lowest BCUT2D eigenvalue weighted by Crippen LogP contribution is -3.13. The van der Waals surface area contributed by atoms with E-state index >= 15 is 0 Å². The minimum Gasteiger partial charge on any atom is -0.351 e. The van der Waals surface area contributed by atoms with Gasteiger partial charge in [0.25, 0.3) is 5.91 Å². The first-order chi connectivity index (χ1) is 13.0. The lowest BCUT2D eigenvalue weighted by atomic mass is 10.00. The number of benzene rings is 2. The summed E-state index contributed by atoms with van der Waals surface area (Å²) in [6, 6.07) is 17.4. The highest BCUT2D eigenvalue weighted by Crippen LogP contribution is 2.21. The molecule has 1 unspecified atom stereocenters. The first-order valence-corrected chi connectivity index (χ1v) is 9.55. The number of imide groups is 1. The van der Waals surface area contributed by atoms with Crippen LogP contribution in [0.1, 0.15) is 55.3 Å². The van der Waals surface area contributed by atoms with E-state index in [1.54, 1.807) is 0 Å². The van der Waals surface area contributed by atoms with Gasteiger partial charge in [0.2, 0.25) is 0 Å². The smallest absolute Gasteiger partial charge is 0.319 e. The number of primary amides is 1. The minimum absolute atomic E-state index is 0.339. The summed E-state index contributed by atoms with van der Waals surface area (Å²) in [4.78, 5) is 25.3. The van der Waals surface area contributed by atoms with Gasteiger partial charge in [-0.15, -0.1) is 0 Å². The summed E-state index contributed by atoms with van der Waals surface area (Å²) in [6.45, 7) is 5.08. The van der Waals surface area contributed by atoms with Crippen LogP contribution in [0.5, 0.6) is 0 Å². The van der Waals surface area contributed by atoms with Gasteiger partial charge < -0.3 is 10.6 Å². The maximum atomic E-state index is 12.8. The predicted molar refractivity (Wildman–Crippen MR) is 105 cm³/mol. The van der Waals surface area contributed by atoms with E-state index in [4.69, 9.17) is 5.73 Å². The van der Waals surface area contributed by atoms with Crippen molar-refractivity contribution in [3.63, 3.8) is 0 Å². The Labute approximate surface area is 160 Å². The van der Waals surface area contributed by atoms with E-state index < -0.39 is 12.1 Å². The zero-order valence-corrected chi connectivity index (χ0v) is 15.9. The molecule has 0 radical (unpaired) electrons. The fraction of sp³-hybridized carbons (Fsp3) is 0.364. The van der Waals surface area contributed by atoms with Crippen molar-refractivity contribution in [2.24, 2.45) is 5.73 Å². The molecule has 2 aromatic carbocycles. The molecule has 2 atom stereocenters. The monoisotopic (exact) mass is 366 g/mol. The maximum Gasteiger partial charge on any atom is 0.319 e. The number of carbonyl (C=O) groups excluding carboxylic acids is 2. The number of carbonyl (C=O) groups is 2. The Morgan fingerprint density at radius 1 is 1.04 bits per heavy atom. The topological polar surface area (TPSA) is 76.6 Å². The lowest BCUT2D eigenvalue weighted by molar-refractivity contribution is -0.946. The number of nitrogens with one attached hydrogen (secondary N) is 2. The van der Waals surface area contributed by atoms with E-state index in [1.165, 1.54) is 11.1 Å². The molecule has 0 saturated heterocycles. The molecule has 3 amide bonds. The fourth-order valence-corrected chi connectivity index (χ4v) is 3.57. The standard InChI is InChI=1S/C22H27N3O2/c1-15(2)17-10-8-16(9-11-17)14-25(19-12-13-19)20(21(26)24-22(23)27)18-6-4-3-5-7-18/h3-11,15,19-20H,12-14H2,1-2H3,(H3,23,24,26,27)/p+1/t20-/m0/s1. The number of hydrogen-bond donors (Lipinski definition) is 3. The molecule has 142 valence electrons. The first kappa shape index (κ1) is 19.1. The molecular weight excluding hydrogens is 338 g/mol. The largest absolute Gasteiger partial charge is 0.351 e. The molecule has 0 aliphatic heterocycles. The van der Waals surface area contributed by atoms with Crippen LogP contribution in [0.4, 0.5) is 4.79 Å². The minimum atomic E-state index is -0.808. The van der Waals surface area contributed by atoms with Gasteiger partial charge in [0, 0.05) is 24.0 Å². The van der Waals surface area contributed by atoms with Gasteiger partial charge in [-0.25, -0.2) is 4.79 Å². The van der Waals surface area contributed by atoms with Crippen LogP contribution in [0.2, 0.25) is 0 Å². The van der Waals surface area contributed by atoms with Crippen molar-refractivity contribution >= 4 is 11.9 Å². The number of quaternary nitrogens is 1. The molecule has 0 spiro atoms. The van der Waals surface area contributed by atoms with Crippen LogP contribution in [0.15, 0.2) is 54.6 Å². The highest BCUT2D eigenvalue weighted by Gasteiger charge is 2.42. The summed E-state index contributed by atoms with van der Waals surface area (Å²) in [6.07, 6.45) is 2.18. The van der Waals surface area contributed by atoms with Crippen LogP contribution >= 0.6 is 0 Å². The second kappa shape index (κ2) is 8.35. The Morgan fingerprint density at radius 2 is 1.67 bits per heavy atom. The van der Waals surface area contributed by atoms with E-state index in [-0.39, 0.29) is 5.91 Å². The van der Waals surface area contributed by atoms with Gasteiger partial charge in [-0.2, -0.15) is 0 Å². The second-order valence-corrected chi connectivity index (χ2v) is 7.62. The molecule has 1 aliphatic rings. The van der Waals surface area contributed by atoms with E-state index in [0.717, 1.165) is 29.8 Å². The molecule has 1 aliphatic carbocycles. The van der Waals surface area contributed by atoms with Gasteiger partial charge in [-0.1, -0.05) is 68.4 Å². The Kier molecular flexibility index (Phi) is 5.91. The summed E-state index contributed by atoms with van der Waals surface area (Å²) in [5.41, 5.74) is 8.61. The van der Waals surface area contributed by atoms with Crippen LogP contribution < -0.4 is 16.0 Å². The van der Waals surface area contributed by atoms with Crippen molar-refractivity contribution < 1.29 is 14.5 Å². The van der Waals surface area contributed by atoms with Gasteiger partial charge in [-0.3, -0.25) is 10.1 Å². The summed E-state index contributed by atoms with van der Waals surface area (Å²) in [5, 5.41) is 2.29. The lowest BCUT2D eigenvalue weighted by Gasteiger charge is -2.28. The normalized spacial score (nSPS) is 16.0. The number of hydrogen-bond acceptors (Lipinski definition) is 2. The summed E-state index contributed by atoms with van der Waals surface area (Å²) >= 11 is 0. The SMILES string of the molecule is CC(C)c1ccc(C[NH+](C2CC2)[C@H](C(=O)NC(N)=O)c2ccccc2)cc1. The molecule has 3 rings (SSSR count). The Bertz CT molecular complexity index is 783. The molecule has 0 aromatic heterocycles. The third kappa shape index (κ3) is 4.95. The van der Waals surface area contributed by atoms with E-state index in [2.05, 4.69) is 43.4 Å². The summed E-state index contributed by atoms with van der Waals surface area (Å²) in [5.74, 6) is 0.152. The third-order valence-electron chi connectivity index (χ3n) is 5.17. The van der Waals surface area contributed by atoms with Crippen molar-refractivity contribution in [2.75, 3.05) is 0 Å². The van der Waals surface area contributed by atoms with Gasteiger partial charge in [0.1, 0.15) is 6.54 Å². The van der Waals surface area contributed by atoms with E-state index in [1.807, 2.05) is 30.3 Å². The van der Waals surface area contributed by atoms with Crippen LogP contribution in [0, 0.1) is 0 Å². The van der Waals surface area contributed by atoms with Gasteiger partial charge in [0.05, 0.1) is 6.04 Å². The Hall–Kier alpha value is -2.66. The van der Waals surface area contributed by atoms with Crippen LogP contribution in [0.3, 0.4) is 0 Å².